The second-order valence-electron chi connectivity index (χ2n) is 5.12. The lowest BCUT2D eigenvalue weighted by molar-refractivity contribution is 0.0946. The molecule has 1 fully saturated rings. The van der Waals surface area contributed by atoms with Crippen molar-refractivity contribution in [3.8, 4) is 0 Å². The van der Waals surface area contributed by atoms with Crippen molar-refractivity contribution in [2.75, 3.05) is 26.2 Å². The van der Waals surface area contributed by atoms with E-state index in [1.54, 1.807) is 19.3 Å². The van der Waals surface area contributed by atoms with E-state index in [1.807, 2.05) is 0 Å². The number of aromatic nitrogens is 1. The third-order valence-electron chi connectivity index (χ3n) is 3.72. The van der Waals surface area contributed by atoms with E-state index in [0.29, 0.717) is 18.0 Å². The standard InChI is InChI=1S/C14H21N3O2/c1-3-17-7-6-11(9-17)8-15-14(19)12-4-5-13(18)16(2)10-12/h4-5,10-11H,3,6-9H2,1-2H3,(H,15,19). The number of likely N-dealkylation sites (tertiary alicyclic amines) is 1. The normalized spacial score (nSPS) is 19.6. The number of hydrogen-bond donors (Lipinski definition) is 1. The van der Waals surface area contributed by atoms with Crippen molar-refractivity contribution in [2.24, 2.45) is 13.0 Å². The molecular weight excluding hydrogens is 242 g/mol. The van der Waals surface area contributed by atoms with Gasteiger partial charge in [-0.1, -0.05) is 6.92 Å². The van der Waals surface area contributed by atoms with E-state index in [2.05, 4.69) is 17.1 Å². The number of rotatable bonds is 4. The van der Waals surface area contributed by atoms with Gasteiger partial charge in [-0.15, -0.1) is 0 Å². The van der Waals surface area contributed by atoms with E-state index in [-0.39, 0.29) is 11.5 Å². The lowest BCUT2D eigenvalue weighted by Gasteiger charge is -2.13. The molecule has 0 aliphatic carbocycles. The van der Waals surface area contributed by atoms with E-state index in [9.17, 15) is 9.59 Å². The van der Waals surface area contributed by atoms with Crippen LogP contribution < -0.4 is 10.9 Å². The second-order valence-corrected chi connectivity index (χ2v) is 5.12. The second kappa shape index (κ2) is 6.02. The molecule has 0 spiro atoms. The Morgan fingerprint density at radius 2 is 2.26 bits per heavy atom. The lowest BCUT2D eigenvalue weighted by Crippen LogP contribution is -2.31. The van der Waals surface area contributed by atoms with Gasteiger partial charge in [-0.3, -0.25) is 9.59 Å². The molecule has 1 atom stereocenters. The van der Waals surface area contributed by atoms with Gasteiger partial charge in [0.2, 0.25) is 5.56 Å². The van der Waals surface area contributed by atoms with Crippen LogP contribution in [0.2, 0.25) is 0 Å². The predicted octanol–water partition coefficient (Wildman–Crippen LogP) is 0.457. The molecule has 1 N–H and O–H groups in total. The van der Waals surface area contributed by atoms with Gasteiger partial charge in [-0.2, -0.15) is 0 Å². The van der Waals surface area contributed by atoms with Crippen LogP contribution in [0.5, 0.6) is 0 Å². The third-order valence-corrected chi connectivity index (χ3v) is 3.72. The first-order valence-corrected chi connectivity index (χ1v) is 6.77. The van der Waals surface area contributed by atoms with Crippen LogP contribution in [0.3, 0.4) is 0 Å². The molecule has 1 aliphatic heterocycles. The van der Waals surface area contributed by atoms with Crippen molar-refractivity contribution in [3.05, 3.63) is 34.2 Å². The number of aryl methyl sites for hydroxylation is 1. The van der Waals surface area contributed by atoms with Gasteiger partial charge in [0, 0.05) is 32.4 Å². The molecule has 5 heteroatoms. The van der Waals surface area contributed by atoms with Crippen LogP contribution in [0.1, 0.15) is 23.7 Å². The summed E-state index contributed by atoms with van der Waals surface area (Å²) in [6, 6.07) is 2.99. The van der Waals surface area contributed by atoms with Crippen molar-refractivity contribution in [1.82, 2.24) is 14.8 Å². The number of amides is 1. The quantitative estimate of drug-likeness (QED) is 0.858. The average molecular weight is 263 g/mol. The van der Waals surface area contributed by atoms with Crippen LogP contribution in [0.15, 0.2) is 23.1 Å². The summed E-state index contributed by atoms with van der Waals surface area (Å²) >= 11 is 0. The monoisotopic (exact) mass is 263 g/mol. The van der Waals surface area contributed by atoms with E-state index in [0.717, 1.165) is 26.1 Å². The minimum Gasteiger partial charge on any atom is -0.352 e. The topological polar surface area (TPSA) is 54.3 Å². The highest BCUT2D eigenvalue weighted by Gasteiger charge is 2.21. The minimum atomic E-state index is -0.106. The predicted molar refractivity (Wildman–Crippen MR) is 74.2 cm³/mol. The van der Waals surface area contributed by atoms with E-state index >= 15 is 0 Å². The van der Waals surface area contributed by atoms with Crippen LogP contribution in [0.4, 0.5) is 0 Å². The number of carbonyl (C=O) groups excluding carboxylic acids is 1. The molecular formula is C14H21N3O2. The SMILES string of the molecule is CCN1CCC(CNC(=O)c2ccc(=O)n(C)c2)C1. The zero-order valence-electron chi connectivity index (χ0n) is 11.6. The molecule has 0 radical (unpaired) electrons. The Labute approximate surface area is 113 Å². The molecule has 2 rings (SSSR count). The van der Waals surface area contributed by atoms with Gasteiger partial charge in [0.05, 0.1) is 5.56 Å². The summed E-state index contributed by atoms with van der Waals surface area (Å²) < 4.78 is 1.42. The average Bonchev–Trinajstić information content (AvgIpc) is 2.87. The lowest BCUT2D eigenvalue weighted by atomic mass is 10.1. The summed E-state index contributed by atoms with van der Waals surface area (Å²) in [5.41, 5.74) is 0.429. The Morgan fingerprint density at radius 1 is 1.47 bits per heavy atom. The summed E-state index contributed by atoms with van der Waals surface area (Å²) in [7, 11) is 1.65. The van der Waals surface area contributed by atoms with Crippen molar-refractivity contribution < 1.29 is 4.79 Å². The first kappa shape index (κ1) is 13.8. The molecule has 1 unspecified atom stereocenters. The molecule has 0 bridgehead atoms. The molecule has 19 heavy (non-hydrogen) atoms. The number of hydrogen-bond acceptors (Lipinski definition) is 3. The highest BCUT2D eigenvalue weighted by molar-refractivity contribution is 5.93. The summed E-state index contributed by atoms with van der Waals surface area (Å²) in [6.45, 7) is 6.12. The number of nitrogens with zero attached hydrogens (tertiary/aromatic N) is 2. The van der Waals surface area contributed by atoms with Crippen molar-refractivity contribution in [1.29, 1.82) is 0 Å². The molecule has 1 amide bonds. The maximum atomic E-state index is 12.0. The molecule has 0 saturated carbocycles. The third kappa shape index (κ3) is 3.44. The molecule has 0 aromatic carbocycles. The smallest absolute Gasteiger partial charge is 0.252 e. The molecule has 1 saturated heterocycles. The number of pyridine rings is 1. The van der Waals surface area contributed by atoms with Crippen LogP contribution >= 0.6 is 0 Å². The van der Waals surface area contributed by atoms with Crippen LogP contribution in [-0.4, -0.2) is 41.6 Å². The zero-order chi connectivity index (χ0) is 13.8. The fraction of sp³-hybridized carbons (Fsp3) is 0.571. The Kier molecular flexibility index (Phi) is 4.37. The Balaban J connectivity index is 1.87. The van der Waals surface area contributed by atoms with E-state index in [4.69, 9.17) is 0 Å². The van der Waals surface area contributed by atoms with E-state index < -0.39 is 0 Å². The molecule has 1 aliphatic rings. The van der Waals surface area contributed by atoms with Gasteiger partial charge < -0.3 is 14.8 Å². The van der Waals surface area contributed by atoms with Crippen LogP contribution in [0, 0.1) is 5.92 Å². The number of nitrogens with one attached hydrogen (secondary N) is 1. The van der Waals surface area contributed by atoms with Gasteiger partial charge in [-0.25, -0.2) is 0 Å². The maximum Gasteiger partial charge on any atom is 0.252 e. The molecule has 1 aromatic heterocycles. The van der Waals surface area contributed by atoms with Gasteiger partial charge in [0.15, 0.2) is 0 Å². The first-order chi connectivity index (χ1) is 9.10. The van der Waals surface area contributed by atoms with Crippen molar-refractivity contribution >= 4 is 5.91 Å². The van der Waals surface area contributed by atoms with Gasteiger partial charge >= 0.3 is 0 Å². The minimum absolute atomic E-state index is 0.106. The van der Waals surface area contributed by atoms with Gasteiger partial charge in [-0.05, 0) is 31.5 Å². The molecule has 5 nitrogen and oxygen atoms in total. The fourth-order valence-corrected chi connectivity index (χ4v) is 2.43. The largest absolute Gasteiger partial charge is 0.352 e. The van der Waals surface area contributed by atoms with Gasteiger partial charge in [0.1, 0.15) is 0 Å². The van der Waals surface area contributed by atoms with Crippen LogP contribution in [-0.2, 0) is 7.05 Å². The summed E-state index contributed by atoms with van der Waals surface area (Å²) in [5, 5.41) is 2.95. The molecule has 2 heterocycles. The Hall–Kier alpha value is -1.62. The fourth-order valence-electron chi connectivity index (χ4n) is 2.43. The molecule has 1 aromatic rings. The van der Waals surface area contributed by atoms with E-state index in [1.165, 1.54) is 10.6 Å². The summed E-state index contributed by atoms with van der Waals surface area (Å²) in [5.74, 6) is 0.432. The van der Waals surface area contributed by atoms with Crippen molar-refractivity contribution in [2.45, 2.75) is 13.3 Å². The van der Waals surface area contributed by atoms with Crippen LogP contribution in [0.25, 0.3) is 0 Å². The molecule has 104 valence electrons. The Morgan fingerprint density at radius 3 is 2.89 bits per heavy atom. The van der Waals surface area contributed by atoms with Crippen molar-refractivity contribution in [3.63, 3.8) is 0 Å². The maximum absolute atomic E-state index is 12.0. The van der Waals surface area contributed by atoms with Gasteiger partial charge in [0.25, 0.3) is 5.91 Å². The highest BCUT2D eigenvalue weighted by Crippen LogP contribution is 2.14. The summed E-state index contributed by atoms with van der Waals surface area (Å²) in [4.78, 5) is 25.6. The highest BCUT2D eigenvalue weighted by atomic mass is 16.2. The first-order valence-electron chi connectivity index (χ1n) is 6.77. The summed E-state index contributed by atoms with van der Waals surface area (Å²) in [6.07, 6.45) is 2.71. The number of carbonyl (C=O) groups is 1. The Bertz CT molecular complexity index is 510. The zero-order valence-corrected chi connectivity index (χ0v) is 11.6.